The normalized spacial score (nSPS) is 13.4. The van der Waals surface area contributed by atoms with Crippen molar-refractivity contribution in [2.24, 2.45) is 0 Å². The number of carbonyl (C=O) groups excluding carboxylic acids is 1. The minimum atomic E-state index is -1.19. The zero-order valence-electron chi connectivity index (χ0n) is 13.9. The van der Waals surface area contributed by atoms with Crippen LogP contribution in [0.1, 0.15) is 35.3 Å². The molecule has 0 saturated carbocycles. The van der Waals surface area contributed by atoms with Gasteiger partial charge < -0.3 is 20.2 Å². The number of nitrogens with one attached hydrogen (secondary N) is 2. The number of hydrogen-bond donors (Lipinski definition) is 3. The highest BCUT2D eigenvalue weighted by atomic mass is 16.3. The van der Waals surface area contributed by atoms with E-state index in [0.717, 1.165) is 17.0 Å². The Hall–Kier alpha value is -2.34. The zero-order chi connectivity index (χ0) is 17.0. The number of carbonyl (C=O) groups is 1. The second-order valence-corrected chi connectivity index (χ2v) is 5.94. The molecule has 23 heavy (non-hydrogen) atoms. The van der Waals surface area contributed by atoms with E-state index in [4.69, 9.17) is 4.42 Å². The molecule has 0 bridgehead atoms. The first-order valence-corrected chi connectivity index (χ1v) is 7.51. The van der Waals surface area contributed by atoms with Crippen LogP contribution in [-0.4, -0.2) is 22.7 Å². The highest BCUT2D eigenvalue weighted by Crippen LogP contribution is 2.26. The number of pyridine rings is 1. The fourth-order valence-electron chi connectivity index (χ4n) is 2.36. The lowest BCUT2D eigenvalue weighted by Crippen LogP contribution is -2.43. The van der Waals surface area contributed by atoms with Gasteiger partial charge in [0.2, 0.25) is 0 Å². The summed E-state index contributed by atoms with van der Waals surface area (Å²) in [5.74, 6) is 1.38. The van der Waals surface area contributed by atoms with Crippen LogP contribution < -0.4 is 10.6 Å². The molecule has 0 saturated heterocycles. The van der Waals surface area contributed by atoms with Crippen molar-refractivity contribution in [3.05, 3.63) is 52.7 Å². The van der Waals surface area contributed by atoms with Crippen LogP contribution in [0.3, 0.4) is 0 Å². The molecule has 0 aliphatic rings. The minimum absolute atomic E-state index is 0.0881. The van der Waals surface area contributed by atoms with Gasteiger partial charge in [-0.2, -0.15) is 0 Å². The summed E-state index contributed by atoms with van der Waals surface area (Å²) in [6.07, 6.45) is 1.73. The summed E-state index contributed by atoms with van der Waals surface area (Å²) < 4.78 is 5.43. The Kier molecular flexibility index (Phi) is 5.05. The molecule has 0 aliphatic heterocycles. The summed E-state index contributed by atoms with van der Waals surface area (Å²) in [5.41, 5.74) is 1.33. The monoisotopic (exact) mass is 317 g/mol. The molecule has 6 heteroatoms. The number of amides is 2. The highest BCUT2D eigenvalue weighted by Gasteiger charge is 2.28. The Bertz CT molecular complexity index is 675. The van der Waals surface area contributed by atoms with Crippen molar-refractivity contribution in [3.8, 4) is 0 Å². The maximum atomic E-state index is 11.9. The largest absolute Gasteiger partial charge is 0.466 e. The summed E-state index contributed by atoms with van der Waals surface area (Å²) in [7, 11) is 0. The number of furan rings is 1. The van der Waals surface area contributed by atoms with Crippen molar-refractivity contribution in [2.75, 3.05) is 6.54 Å². The molecule has 2 rings (SSSR count). The van der Waals surface area contributed by atoms with Gasteiger partial charge in [0.1, 0.15) is 17.1 Å². The van der Waals surface area contributed by atoms with Crippen molar-refractivity contribution in [1.29, 1.82) is 0 Å². The molecule has 1 unspecified atom stereocenters. The number of aliphatic hydroxyl groups is 1. The maximum Gasteiger partial charge on any atom is 0.315 e. The van der Waals surface area contributed by atoms with E-state index in [0.29, 0.717) is 17.9 Å². The molecule has 3 N–H and O–H groups in total. The van der Waals surface area contributed by atoms with E-state index in [-0.39, 0.29) is 12.6 Å². The summed E-state index contributed by atoms with van der Waals surface area (Å²) in [6.45, 7) is 7.64. The molecule has 124 valence electrons. The van der Waals surface area contributed by atoms with Crippen molar-refractivity contribution in [1.82, 2.24) is 15.6 Å². The van der Waals surface area contributed by atoms with E-state index in [1.165, 1.54) is 0 Å². The average molecular weight is 317 g/mol. The first-order chi connectivity index (χ1) is 10.8. The third kappa shape index (κ3) is 4.56. The van der Waals surface area contributed by atoms with Crippen molar-refractivity contribution < 1.29 is 14.3 Å². The zero-order valence-corrected chi connectivity index (χ0v) is 13.9. The van der Waals surface area contributed by atoms with E-state index in [2.05, 4.69) is 15.6 Å². The lowest BCUT2D eigenvalue weighted by molar-refractivity contribution is 0.0579. The standard InChI is InChI=1S/C17H23N3O3/c1-11-5-6-14(8-18-11)9-19-16(21)20-10-17(4,22)15-7-12(2)23-13(15)3/h5-8,22H,9-10H2,1-4H3,(H2,19,20,21). The Labute approximate surface area is 135 Å². The fourth-order valence-corrected chi connectivity index (χ4v) is 2.36. The van der Waals surface area contributed by atoms with Crippen molar-refractivity contribution in [3.63, 3.8) is 0 Å². The molecule has 2 heterocycles. The van der Waals surface area contributed by atoms with Crippen LogP contribution in [0, 0.1) is 20.8 Å². The summed E-state index contributed by atoms with van der Waals surface area (Å²) in [6, 6.07) is 5.25. The van der Waals surface area contributed by atoms with Gasteiger partial charge in [0.05, 0.1) is 6.54 Å². The number of hydrogen-bond acceptors (Lipinski definition) is 4. The molecule has 0 aromatic carbocycles. The van der Waals surface area contributed by atoms with Crippen molar-refractivity contribution >= 4 is 6.03 Å². The number of urea groups is 1. The predicted molar refractivity (Wildman–Crippen MR) is 87.0 cm³/mol. The summed E-state index contributed by atoms with van der Waals surface area (Å²) in [4.78, 5) is 16.0. The van der Waals surface area contributed by atoms with Gasteiger partial charge in [-0.3, -0.25) is 4.98 Å². The van der Waals surface area contributed by atoms with E-state index < -0.39 is 5.60 Å². The first kappa shape index (κ1) is 17.0. The van der Waals surface area contributed by atoms with Gasteiger partial charge in [-0.25, -0.2) is 4.79 Å². The minimum Gasteiger partial charge on any atom is -0.466 e. The fraction of sp³-hybridized carbons (Fsp3) is 0.412. The van der Waals surface area contributed by atoms with E-state index in [9.17, 15) is 9.90 Å². The summed E-state index contributed by atoms with van der Waals surface area (Å²) in [5, 5.41) is 15.9. The van der Waals surface area contributed by atoms with Gasteiger partial charge >= 0.3 is 6.03 Å². The molecule has 6 nitrogen and oxygen atoms in total. The topological polar surface area (TPSA) is 87.4 Å². The second kappa shape index (κ2) is 6.83. The number of rotatable bonds is 5. The first-order valence-electron chi connectivity index (χ1n) is 7.51. The third-order valence-electron chi connectivity index (χ3n) is 3.64. The molecule has 0 fully saturated rings. The van der Waals surface area contributed by atoms with Crippen LogP contribution in [0.15, 0.2) is 28.8 Å². The number of nitrogens with zero attached hydrogens (tertiary/aromatic N) is 1. The number of aromatic nitrogens is 1. The van der Waals surface area contributed by atoms with E-state index >= 15 is 0 Å². The van der Waals surface area contributed by atoms with Crippen LogP contribution in [0.2, 0.25) is 0 Å². The van der Waals surface area contributed by atoms with Gasteiger partial charge in [-0.15, -0.1) is 0 Å². The molecule has 1 atom stereocenters. The van der Waals surface area contributed by atoms with Crippen LogP contribution in [0.25, 0.3) is 0 Å². The van der Waals surface area contributed by atoms with Gasteiger partial charge in [0, 0.05) is 24.0 Å². The summed E-state index contributed by atoms with van der Waals surface area (Å²) >= 11 is 0. The highest BCUT2D eigenvalue weighted by molar-refractivity contribution is 5.73. The third-order valence-corrected chi connectivity index (χ3v) is 3.64. The SMILES string of the molecule is Cc1ccc(CNC(=O)NCC(C)(O)c2cc(C)oc2C)cn1. The smallest absolute Gasteiger partial charge is 0.315 e. The van der Waals surface area contributed by atoms with Gasteiger partial charge in [-0.1, -0.05) is 6.07 Å². The van der Waals surface area contributed by atoms with E-state index in [1.54, 1.807) is 26.1 Å². The second-order valence-electron chi connectivity index (χ2n) is 5.94. The quantitative estimate of drug-likeness (QED) is 0.789. The molecule has 0 radical (unpaired) electrons. The average Bonchev–Trinajstić information content (AvgIpc) is 2.84. The molecule has 2 aromatic rings. The van der Waals surface area contributed by atoms with Gasteiger partial charge in [0.25, 0.3) is 0 Å². The Morgan fingerprint density at radius 2 is 2.04 bits per heavy atom. The van der Waals surface area contributed by atoms with Gasteiger partial charge in [0.15, 0.2) is 0 Å². The molecule has 2 aromatic heterocycles. The van der Waals surface area contributed by atoms with Crippen LogP contribution in [0.5, 0.6) is 0 Å². The lowest BCUT2D eigenvalue weighted by Gasteiger charge is -2.23. The van der Waals surface area contributed by atoms with Gasteiger partial charge in [-0.05, 0) is 45.4 Å². The Morgan fingerprint density at radius 3 is 2.61 bits per heavy atom. The molecule has 0 spiro atoms. The van der Waals surface area contributed by atoms with E-state index in [1.807, 2.05) is 26.0 Å². The Balaban J connectivity index is 1.86. The Morgan fingerprint density at radius 1 is 1.30 bits per heavy atom. The maximum absolute atomic E-state index is 11.9. The number of aryl methyl sites for hydroxylation is 3. The van der Waals surface area contributed by atoms with Crippen LogP contribution in [-0.2, 0) is 12.1 Å². The van der Waals surface area contributed by atoms with Crippen LogP contribution in [0.4, 0.5) is 4.79 Å². The van der Waals surface area contributed by atoms with Crippen LogP contribution >= 0.6 is 0 Å². The molecular weight excluding hydrogens is 294 g/mol. The molecular formula is C17H23N3O3. The molecule has 0 aliphatic carbocycles. The molecule has 2 amide bonds. The van der Waals surface area contributed by atoms with Crippen molar-refractivity contribution in [2.45, 2.75) is 39.8 Å². The predicted octanol–water partition coefficient (Wildman–Crippen LogP) is 2.31. The lowest BCUT2D eigenvalue weighted by atomic mass is 9.96.